The van der Waals surface area contributed by atoms with E-state index in [2.05, 4.69) is 34.1 Å². The molecular weight excluding hydrogens is 236 g/mol. The van der Waals surface area contributed by atoms with Gasteiger partial charge in [0, 0.05) is 49.3 Å². The van der Waals surface area contributed by atoms with Gasteiger partial charge < -0.3 is 9.72 Å². The third-order valence-electron chi connectivity index (χ3n) is 4.50. The Morgan fingerprint density at radius 2 is 2.26 bits per heavy atom. The molecule has 2 aliphatic heterocycles. The van der Waals surface area contributed by atoms with Crippen LogP contribution in [0.2, 0.25) is 0 Å². The summed E-state index contributed by atoms with van der Waals surface area (Å²) in [6, 6.07) is 8.67. The Bertz CT molecular complexity index is 583. The van der Waals surface area contributed by atoms with Gasteiger partial charge in [0.15, 0.2) is 0 Å². The van der Waals surface area contributed by atoms with Crippen LogP contribution in [0.4, 0.5) is 0 Å². The molecule has 0 saturated carbocycles. The molecule has 1 aromatic carbocycles. The van der Waals surface area contributed by atoms with E-state index in [1.54, 1.807) is 0 Å². The first kappa shape index (κ1) is 11.5. The predicted octanol–water partition coefficient (Wildman–Crippen LogP) is 2.56. The van der Waals surface area contributed by atoms with Gasteiger partial charge in [0.05, 0.1) is 6.61 Å². The van der Waals surface area contributed by atoms with Crippen LogP contribution in [-0.2, 0) is 17.7 Å². The third kappa shape index (κ3) is 2.07. The number of nitrogens with zero attached hydrogens (tertiary/aromatic N) is 1. The van der Waals surface area contributed by atoms with E-state index in [0.29, 0.717) is 0 Å². The molecule has 3 heterocycles. The standard InChI is InChI=1S/C16H20N2O/c1-2-4-15-13(3-1)14-10-18(7-5-16(14)17-15)9-12-6-8-19-11-12/h1-4,12,17H,5-11H2/t12-/m1/s1. The minimum atomic E-state index is 0.742. The van der Waals surface area contributed by atoms with Crippen LogP contribution in [0, 0.1) is 5.92 Å². The highest BCUT2D eigenvalue weighted by Gasteiger charge is 2.24. The van der Waals surface area contributed by atoms with Gasteiger partial charge in [0.1, 0.15) is 0 Å². The van der Waals surface area contributed by atoms with E-state index in [9.17, 15) is 0 Å². The largest absolute Gasteiger partial charge is 0.381 e. The fourth-order valence-electron chi connectivity index (χ4n) is 3.47. The van der Waals surface area contributed by atoms with Crippen LogP contribution in [0.3, 0.4) is 0 Å². The molecule has 1 N–H and O–H groups in total. The molecule has 1 fully saturated rings. The lowest BCUT2D eigenvalue weighted by molar-refractivity contribution is 0.162. The maximum atomic E-state index is 5.49. The smallest absolute Gasteiger partial charge is 0.0507 e. The first-order chi connectivity index (χ1) is 9.40. The molecule has 100 valence electrons. The zero-order chi connectivity index (χ0) is 12.7. The summed E-state index contributed by atoms with van der Waals surface area (Å²) < 4.78 is 5.49. The molecule has 3 heteroatoms. The van der Waals surface area contributed by atoms with Gasteiger partial charge in [-0.3, -0.25) is 4.90 Å². The molecule has 19 heavy (non-hydrogen) atoms. The molecular formula is C16H20N2O. The van der Waals surface area contributed by atoms with Crippen LogP contribution < -0.4 is 0 Å². The fraction of sp³-hybridized carbons (Fsp3) is 0.500. The van der Waals surface area contributed by atoms with E-state index in [1.807, 2.05) is 0 Å². The molecule has 0 radical (unpaired) electrons. The van der Waals surface area contributed by atoms with Crippen molar-refractivity contribution in [1.29, 1.82) is 0 Å². The summed E-state index contributed by atoms with van der Waals surface area (Å²) in [7, 11) is 0. The van der Waals surface area contributed by atoms with Gasteiger partial charge in [-0.25, -0.2) is 0 Å². The zero-order valence-corrected chi connectivity index (χ0v) is 11.2. The minimum absolute atomic E-state index is 0.742. The summed E-state index contributed by atoms with van der Waals surface area (Å²) in [5.41, 5.74) is 4.25. The van der Waals surface area contributed by atoms with Gasteiger partial charge in [0.25, 0.3) is 0 Å². The number of hydrogen-bond donors (Lipinski definition) is 1. The van der Waals surface area contributed by atoms with Gasteiger partial charge in [-0.05, 0) is 24.0 Å². The number of nitrogens with one attached hydrogen (secondary N) is 1. The summed E-state index contributed by atoms with van der Waals surface area (Å²) in [5.74, 6) is 0.742. The van der Waals surface area contributed by atoms with Crippen molar-refractivity contribution in [1.82, 2.24) is 9.88 Å². The second-order valence-electron chi connectivity index (χ2n) is 5.84. The number of rotatable bonds is 2. The Balaban J connectivity index is 1.58. The normalized spacial score (nSPS) is 23.9. The quantitative estimate of drug-likeness (QED) is 0.894. The number of para-hydroxylation sites is 1. The van der Waals surface area contributed by atoms with Crippen LogP contribution in [-0.4, -0.2) is 36.2 Å². The van der Waals surface area contributed by atoms with Gasteiger partial charge in [-0.2, -0.15) is 0 Å². The number of benzene rings is 1. The highest BCUT2D eigenvalue weighted by atomic mass is 16.5. The summed E-state index contributed by atoms with van der Waals surface area (Å²) in [4.78, 5) is 6.18. The first-order valence-electron chi connectivity index (χ1n) is 7.29. The lowest BCUT2D eigenvalue weighted by Gasteiger charge is -2.29. The topological polar surface area (TPSA) is 28.3 Å². The highest BCUT2D eigenvalue weighted by molar-refractivity contribution is 5.84. The van der Waals surface area contributed by atoms with E-state index in [0.717, 1.165) is 32.1 Å². The molecule has 2 aliphatic rings. The molecule has 1 aromatic heterocycles. The summed E-state index contributed by atoms with van der Waals surface area (Å²) in [5, 5.41) is 1.41. The Morgan fingerprint density at radius 1 is 1.32 bits per heavy atom. The average Bonchev–Trinajstić information content (AvgIpc) is 3.06. The minimum Gasteiger partial charge on any atom is -0.381 e. The summed E-state index contributed by atoms with van der Waals surface area (Å²) in [6.45, 7) is 5.37. The number of H-pyrrole nitrogens is 1. The Hall–Kier alpha value is -1.32. The zero-order valence-electron chi connectivity index (χ0n) is 11.2. The number of hydrogen-bond acceptors (Lipinski definition) is 2. The Labute approximate surface area is 113 Å². The number of ether oxygens (including phenoxy) is 1. The fourth-order valence-corrected chi connectivity index (χ4v) is 3.47. The molecule has 0 spiro atoms. The van der Waals surface area contributed by atoms with Crippen molar-refractivity contribution in [3.63, 3.8) is 0 Å². The monoisotopic (exact) mass is 256 g/mol. The second-order valence-corrected chi connectivity index (χ2v) is 5.84. The van der Waals surface area contributed by atoms with Crippen molar-refractivity contribution in [3.8, 4) is 0 Å². The van der Waals surface area contributed by atoms with Gasteiger partial charge >= 0.3 is 0 Å². The van der Waals surface area contributed by atoms with Crippen LogP contribution >= 0.6 is 0 Å². The molecule has 4 rings (SSSR count). The van der Waals surface area contributed by atoms with Crippen LogP contribution in [0.5, 0.6) is 0 Å². The van der Waals surface area contributed by atoms with Crippen LogP contribution in [0.15, 0.2) is 24.3 Å². The van der Waals surface area contributed by atoms with Gasteiger partial charge in [0.2, 0.25) is 0 Å². The second kappa shape index (κ2) is 4.66. The van der Waals surface area contributed by atoms with Crippen molar-refractivity contribution in [2.75, 3.05) is 26.3 Å². The average molecular weight is 256 g/mol. The molecule has 0 bridgehead atoms. The molecule has 3 nitrogen and oxygen atoms in total. The summed E-state index contributed by atoms with van der Waals surface area (Å²) >= 11 is 0. The lowest BCUT2D eigenvalue weighted by Crippen LogP contribution is -2.34. The van der Waals surface area contributed by atoms with Crippen molar-refractivity contribution >= 4 is 10.9 Å². The molecule has 2 aromatic rings. The maximum absolute atomic E-state index is 5.49. The first-order valence-corrected chi connectivity index (χ1v) is 7.29. The molecule has 0 amide bonds. The van der Waals surface area contributed by atoms with Crippen molar-refractivity contribution in [2.45, 2.75) is 19.4 Å². The van der Waals surface area contributed by atoms with Crippen molar-refractivity contribution in [2.24, 2.45) is 5.92 Å². The molecule has 0 aliphatic carbocycles. The number of aromatic nitrogens is 1. The maximum Gasteiger partial charge on any atom is 0.0507 e. The van der Waals surface area contributed by atoms with E-state index in [-0.39, 0.29) is 0 Å². The SMILES string of the molecule is c1ccc2c3c([nH]c2c1)CCN(C[C@H]1CCOC1)C3. The molecule has 0 unspecified atom stereocenters. The van der Waals surface area contributed by atoms with Crippen molar-refractivity contribution < 1.29 is 4.74 Å². The lowest BCUT2D eigenvalue weighted by atomic mass is 10.0. The Kier molecular flexibility index (Phi) is 2.82. The molecule has 1 saturated heterocycles. The Morgan fingerprint density at radius 3 is 3.16 bits per heavy atom. The van der Waals surface area contributed by atoms with Crippen LogP contribution in [0.1, 0.15) is 17.7 Å². The van der Waals surface area contributed by atoms with Gasteiger partial charge in [-0.1, -0.05) is 18.2 Å². The van der Waals surface area contributed by atoms with Crippen LogP contribution in [0.25, 0.3) is 10.9 Å². The number of aromatic amines is 1. The van der Waals surface area contributed by atoms with E-state index >= 15 is 0 Å². The van der Waals surface area contributed by atoms with E-state index < -0.39 is 0 Å². The third-order valence-corrected chi connectivity index (χ3v) is 4.50. The van der Waals surface area contributed by atoms with E-state index in [4.69, 9.17) is 4.74 Å². The highest BCUT2D eigenvalue weighted by Crippen LogP contribution is 2.28. The van der Waals surface area contributed by atoms with Gasteiger partial charge in [-0.15, -0.1) is 0 Å². The molecule has 1 atom stereocenters. The number of fused-ring (bicyclic) bond motifs is 3. The van der Waals surface area contributed by atoms with E-state index in [1.165, 1.54) is 41.7 Å². The summed E-state index contributed by atoms with van der Waals surface area (Å²) in [6.07, 6.45) is 2.38. The van der Waals surface area contributed by atoms with Crippen molar-refractivity contribution in [3.05, 3.63) is 35.5 Å². The predicted molar refractivity (Wildman–Crippen MR) is 76.2 cm³/mol.